The zero-order chi connectivity index (χ0) is 19.4. The number of pyridine rings is 1. The third-order valence-electron chi connectivity index (χ3n) is 3.82. The zero-order valence-corrected chi connectivity index (χ0v) is 16.7. The van der Waals surface area contributed by atoms with Gasteiger partial charge in [-0.3, -0.25) is 4.79 Å². The predicted octanol–water partition coefficient (Wildman–Crippen LogP) is 2.70. The van der Waals surface area contributed by atoms with Gasteiger partial charge in [-0.05, 0) is 51.5 Å². The van der Waals surface area contributed by atoms with Crippen molar-refractivity contribution in [1.29, 1.82) is 0 Å². The van der Waals surface area contributed by atoms with Gasteiger partial charge in [0, 0.05) is 29.8 Å². The summed E-state index contributed by atoms with van der Waals surface area (Å²) in [5.74, 6) is 0.976. The van der Waals surface area contributed by atoms with Gasteiger partial charge in [-0.1, -0.05) is 17.8 Å². The van der Waals surface area contributed by atoms with E-state index in [0.29, 0.717) is 11.7 Å². The molecule has 3 rings (SSSR count). The highest BCUT2D eigenvalue weighted by molar-refractivity contribution is 7.99. The van der Waals surface area contributed by atoms with Crippen molar-refractivity contribution in [2.75, 3.05) is 5.75 Å². The summed E-state index contributed by atoms with van der Waals surface area (Å²) in [6, 6.07) is 7.76. The summed E-state index contributed by atoms with van der Waals surface area (Å²) < 4.78 is 1.80. The lowest BCUT2D eigenvalue weighted by Crippen LogP contribution is -2.24. The summed E-state index contributed by atoms with van der Waals surface area (Å²) in [5, 5.41) is 7.94. The number of nitrogens with zero attached hydrogens (tertiary/aromatic N) is 5. The molecule has 27 heavy (non-hydrogen) atoms. The van der Waals surface area contributed by atoms with E-state index in [1.54, 1.807) is 10.9 Å². The molecule has 0 aliphatic heterocycles. The van der Waals surface area contributed by atoms with Crippen molar-refractivity contribution in [3.63, 3.8) is 0 Å². The number of nitrogens with one attached hydrogen (secondary N) is 1. The molecule has 1 amide bonds. The molecule has 0 radical (unpaired) electrons. The van der Waals surface area contributed by atoms with E-state index in [4.69, 9.17) is 0 Å². The summed E-state index contributed by atoms with van der Waals surface area (Å²) in [6.07, 6.45) is 1.76. The van der Waals surface area contributed by atoms with Gasteiger partial charge in [-0.2, -0.15) is 5.10 Å². The number of rotatable bonds is 6. The van der Waals surface area contributed by atoms with Gasteiger partial charge in [0.2, 0.25) is 5.91 Å². The molecule has 0 saturated carbocycles. The fraction of sp³-hybridized carbons (Fsp3) is 0.316. The van der Waals surface area contributed by atoms with Gasteiger partial charge in [-0.15, -0.1) is 0 Å². The maximum atomic E-state index is 12.1. The van der Waals surface area contributed by atoms with Crippen LogP contribution in [0.1, 0.15) is 28.3 Å². The van der Waals surface area contributed by atoms with Gasteiger partial charge < -0.3 is 5.32 Å². The van der Waals surface area contributed by atoms with Crippen LogP contribution in [0.25, 0.3) is 5.82 Å². The zero-order valence-electron chi connectivity index (χ0n) is 15.9. The standard InChI is InChI=1S/C19H22N6OS/c1-12-7-13(2)23-19(22-12)27-11-18(26)21-10-16-5-6-17(20-9-16)25-15(4)8-14(3)24-25/h5-9H,10-11H2,1-4H3,(H,21,26). The molecule has 0 bridgehead atoms. The second-order valence-electron chi connectivity index (χ2n) is 6.36. The average molecular weight is 382 g/mol. The van der Waals surface area contributed by atoms with Crippen LogP contribution in [0.2, 0.25) is 0 Å². The molecule has 0 unspecified atom stereocenters. The van der Waals surface area contributed by atoms with E-state index in [1.165, 1.54) is 11.8 Å². The largest absolute Gasteiger partial charge is 0.351 e. The van der Waals surface area contributed by atoms with Crippen molar-refractivity contribution in [3.05, 3.63) is 58.8 Å². The first-order valence-corrected chi connectivity index (χ1v) is 9.59. The normalized spacial score (nSPS) is 10.8. The summed E-state index contributed by atoms with van der Waals surface area (Å²) in [5.41, 5.74) is 4.72. The van der Waals surface area contributed by atoms with Crippen LogP contribution in [0.4, 0.5) is 0 Å². The molecule has 0 saturated heterocycles. The van der Waals surface area contributed by atoms with Gasteiger partial charge in [0.15, 0.2) is 11.0 Å². The van der Waals surface area contributed by atoms with E-state index < -0.39 is 0 Å². The molecule has 7 nitrogen and oxygen atoms in total. The Morgan fingerprint density at radius 2 is 1.81 bits per heavy atom. The average Bonchev–Trinajstić information content (AvgIpc) is 2.96. The van der Waals surface area contributed by atoms with Gasteiger partial charge in [0.25, 0.3) is 0 Å². The van der Waals surface area contributed by atoms with Crippen molar-refractivity contribution in [2.24, 2.45) is 0 Å². The second-order valence-corrected chi connectivity index (χ2v) is 7.30. The molecule has 140 valence electrons. The fourth-order valence-corrected chi connectivity index (χ4v) is 3.43. The highest BCUT2D eigenvalue weighted by atomic mass is 32.2. The quantitative estimate of drug-likeness (QED) is 0.521. The first-order chi connectivity index (χ1) is 12.9. The molecule has 0 aromatic carbocycles. The van der Waals surface area contributed by atoms with Crippen molar-refractivity contribution in [3.8, 4) is 5.82 Å². The number of hydrogen-bond donors (Lipinski definition) is 1. The number of hydrogen-bond acceptors (Lipinski definition) is 6. The Labute approximate surface area is 162 Å². The third-order valence-corrected chi connectivity index (χ3v) is 4.67. The molecule has 1 N–H and O–H groups in total. The predicted molar refractivity (Wildman–Crippen MR) is 105 cm³/mol. The first-order valence-electron chi connectivity index (χ1n) is 8.61. The number of amides is 1. The van der Waals surface area contributed by atoms with E-state index in [9.17, 15) is 4.79 Å². The molecule has 3 aromatic rings. The number of carbonyl (C=O) groups is 1. The van der Waals surface area contributed by atoms with Crippen LogP contribution in [0, 0.1) is 27.7 Å². The first kappa shape index (κ1) is 19.0. The summed E-state index contributed by atoms with van der Waals surface area (Å²) in [7, 11) is 0. The van der Waals surface area contributed by atoms with Crippen molar-refractivity contribution >= 4 is 17.7 Å². The van der Waals surface area contributed by atoms with Gasteiger partial charge >= 0.3 is 0 Å². The molecule has 3 aromatic heterocycles. The monoisotopic (exact) mass is 382 g/mol. The molecule has 8 heteroatoms. The lowest BCUT2D eigenvalue weighted by Gasteiger charge is -2.07. The van der Waals surface area contributed by atoms with Gasteiger partial charge in [0.1, 0.15) is 0 Å². The fourth-order valence-electron chi connectivity index (χ4n) is 2.65. The highest BCUT2D eigenvalue weighted by Crippen LogP contribution is 2.14. The molecule has 0 fully saturated rings. The Balaban J connectivity index is 1.52. The Kier molecular flexibility index (Phi) is 5.85. The minimum absolute atomic E-state index is 0.0645. The third kappa shape index (κ3) is 5.13. The van der Waals surface area contributed by atoms with Crippen molar-refractivity contribution < 1.29 is 4.79 Å². The minimum atomic E-state index is -0.0645. The van der Waals surface area contributed by atoms with Gasteiger partial charge in [-0.25, -0.2) is 19.6 Å². The van der Waals surface area contributed by atoms with E-state index >= 15 is 0 Å². The van der Waals surface area contributed by atoms with E-state index in [0.717, 1.165) is 34.2 Å². The van der Waals surface area contributed by atoms with E-state index in [2.05, 4.69) is 25.4 Å². The SMILES string of the molecule is Cc1cc(C)nc(SCC(=O)NCc2ccc(-n3nc(C)cc3C)nc2)n1. The molecule has 3 heterocycles. The number of aryl methyl sites for hydroxylation is 4. The van der Waals surface area contributed by atoms with Crippen LogP contribution >= 0.6 is 11.8 Å². The maximum Gasteiger partial charge on any atom is 0.230 e. The highest BCUT2D eigenvalue weighted by Gasteiger charge is 2.08. The van der Waals surface area contributed by atoms with Crippen LogP contribution < -0.4 is 5.32 Å². The molecule has 0 spiro atoms. The van der Waals surface area contributed by atoms with Crippen LogP contribution in [0.5, 0.6) is 0 Å². The molecular formula is C19H22N6OS. The Morgan fingerprint density at radius 3 is 2.41 bits per heavy atom. The minimum Gasteiger partial charge on any atom is -0.351 e. The molecular weight excluding hydrogens is 360 g/mol. The molecule has 0 aliphatic rings. The lowest BCUT2D eigenvalue weighted by molar-refractivity contribution is -0.118. The maximum absolute atomic E-state index is 12.1. The number of carbonyl (C=O) groups excluding carboxylic acids is 1. The number of thioether (sulfide) groups is 1. The Bertz CT molecular complexity index is 931. The summed E-state index contributed by atoms with van der Waals surface area (Å²) in [4.78, 5) is 25.2. The van der Waals surface area contributed by atoms with Crippen molar-refractivity contribution in [1.82, 2.24) is 30.0 Å². The van der Waals surface area contributed by atoms with Crippen molar-refractivity contribution in [2.45, 2.75) is 39.4 Å². The van der Waals surface area contributed by atoms with Crippen LogP contribution in [0.15, 0.2) is 35.6 Å². The summed E-state index contributed by atoms with van der Waals surface area (Å²) >= 11 is 1.33. The Hall–Kier alpha value is -2.74. The lowest BCUT2D eigenvalue weighted by atomic mass is 10.3. The topological polar surface area (TPSA) is 85.6 Å². The summed E-state index contributed by atoms with van der Waals surface area (Å²) in [6.45, 7) is 8.21. The molecule has 0 atom stereocenters. The second kappa shape index (κ2) is 8.30. The Morgan fingerprint density at radius 1 is 1.07 bits per heavy atom. The number of aromatic nitrogens is 5. The van der Waals surface area contributed by atoms with Gasteiger partial charge in [0.05, 0.1) is 11.4 Å². The van der Waals surface area contributed by atoms with Crippen LogP contribution in [-0.2, 0) is 11.3 Å². The van der Waals surface area contributed by atoms with E-state index in [-0.39, 0.29) is 11.7 Å². The smallest absolute Gasteiger partial charge is 0.230 e. The van der Waals surface area contributed by atoms with Crippen LogP contribution in [0.3, 0.4) is 0 Å². The van der Waals surface area contributed by atoms with E-state index in [1.807, 2.05) is 52.0 Å². The van der Waals surface area contributed by atoms with Crippen LogP contribution in [-0.4, -0.2) is 36.4 Å². The molecule has 0 aliphatic carbocycles.